The van der Waals surface area contributed by atoms with Gasteiger partial charge in [0.15, 0.2) is 5.78 Å². The molecule has 1 heterocycles. The third-order valence-corrected chi connectivity index (χ3v) is 4.54. The van der Waals surface area contributed by atoms with Crippen molar-refractivity contribution in [3.63, 3.8) is 0 Å². The third-order valence-electron chi connectivity index (χ3n) is 4.29. The summed E-state index contributed by atoms with van der Waals surface area (Å²) in [4.78, 5) is 17.0. The highest BCUT2D eigenvalue weighted by Crippen LogP contribution is 2.29. The van der Waals surface area contributed by atoms with Crippen molar-refractivity contribution in [1.29, 1.82) is 5.41 Å². The molecule has 3 rings (SSSR count). The number of rotatable bonds is 6. The van der Waals surface area contributed by atoms with Gasteiger partial charge in [-0.2, -0.15) is 0 Å². The van der Waals surface area contributed by atoms with Gasteiger partial charge in [0.05, 0.1) is 17.7 Å². The van der Waals surface area contributed by atoms with Gasteiger partial charge in [0, 0.05) is 34.6 Å². The lowest BCUT2D eigenvalue weighted by Crippen LogP contribution is -2.31. The SMILES string of the molecule is N=C(c1ccc(F)cc1F)C(C(=O)c1ccc(Cl)cc1)C(O)c1cccnc1. The van der Waals surface area contributed by atoms with Crippen molar-refractivity contribution in [1.82, 2.24) is 4.98 Å². The van der Waals surface area contributed by atoms with Crippen molar-refractivity contribution in [3.8, 4) is 0 Å². The third kappa shape index (κ3) is 4.13. The smallest absolute Gasteiger partial charge is 0.174 e. The van der Waals surface area contributed by atoms with Crippen LogP contribution in [0.4, 0.5) is 8.78 Å². The normalized spacial score (nSPS) is 13.0. The first-order valence-corrected chi connectivity index (χ1v) is 8.68. The van der Waals surface area contributed by atoms with E-state index in [1.807, 2.05) is 0 Å². The van der Waals surface area contributed by atoms with Crippen molar-refractivity contribution in [2.24, 2.45) is 5.92 Å². The number of hydrogen-bond acceptors (Lipinski definition) is 4. The molecule has 2 unspecified atom stereocenters. The first kappa shape index (κ1) is 19.8. The number of pyridine rings is 1. The van der Waals surface area contributed by atoms with Crippen LogP contribution < -0.4 is 0 Å². The minimum atomic E-state index is -1.45. The monoisotopic (exact) mass is 400 g/mol. The molecule has 0 saturated heterocycles. The van der Waals surface area contributed by atoms with Gasteiger partial charge in [-0.25, -0.2) is 8.78 Å². The number of carbonyl (C=O) groups excluding carboxylic acids is 1. The molecule has 2 aromatic carbocycles. The summed E-state index contributed by atoms with van der Waals surface area (Å²) in [7, 11) is 0. The molecule has 0 aliphatic rings. The first-order chi connectivity index (χ1) is 13.4. The minimum absolute atomic E-state index is 0.199. The molecule has 4 nitrogen and oxygen atoms in total. The number of benzene rings is 2. The van der Waals surface area contributed by atoms with E-state index >= 15 is 0 Å². The first-order valence-electron chi connectivity index (χ1n) is 8.30. The number of hydrogen-bond donors (Lipinski definition) is 2. The van der Waals surface area contributed by atoms with E-state index in [-0.39, 0.29) is 11.1 Å². The lowest BCUT2D eigenvalue weighted by molar-refractivity contribution is 0.0793. The summed E-state index contributed by atoms with van der Waals surface area (Å²) in [6, 6.07) is 11.7. The predicted molar refractivity (Wildman–Crippen MR) is 102 cm³/mol. The van der Waals surface area contributed by atoms with Gasteiger partial charge >= 0.3 is 0 Å². The van der Waals surface area contributed by atoms with Crippen molar-refractivity contribution in [2.75, 3.05) is 0 Å². The quantitative estimate of drug-likeness (QED) is 0.468. The Morgan fingerprint density at radius 2 is 1.82 bits per heavy atom. The fraction of sp³-hybridized carbons (Fsp3) is 0.0952. The van der Waals surface area contributed by atoms with Crippen LogP contribution in [-0.4, -0.2) is 21.6 Å². The molecule has 2 atom stereocenters. The second kappa shape index (κ2) is 8.37. The molecular weight excluding hydrogens is 386 g/mol. The molecule has 142 valence electrons. The minimum Gasteiger partial charge on any atom is -0.387 e. The van der Waals surface area contributed by atoms with Gasteiger partial charge in [-0.05, 0) is 48.0 Å². The van der Waals surface area contributed by atoms with Crippen LogP contribution in [0.1, 0.15) is 27.6 Å². The van der Waals surface area contributed by atoms with E-state index in [1.165, 1.54) is 36.7 Å². The Hall–Kier alpha value is -2.96. The summed E-state index contributed by atoms with van der Waals surface area (Å²) in [6.07, 6.45) is 1.41. The highest BCUT2D eigenvalue weighted by molar-refractivity contribution is 6.30. The molecule has 7 heteroatoms. The summed E-state index contributed by atoms with van der Waals surface area (Å²) in [5.41, 5.74) is -0.239. The molecule has 1 aromatic heterocycles. The Labute approximate surface area is 165 Å². The zero-order valence-corrected chi connectivity index (χ0v) is 15.2. The number of Topliss-reactive ketones (excluding diaryl/α,β-unsaturated/α-hetero) is 1. The zero-order valence-electron chi connectivity index (χ0n) is 14.4. The Morgan fingerprint density at radius 3 is 2.43 bits per heavy atom. The van der Waals surface area contributed by atoms with Gasteiger partial charge in [0.2, 0.25) is 0 Å². The molecule has 0 radical (unpaired) electrons. The maximum absolute atomic E-state index is 14.2. The maximum Gasteiger partial charge on any atom is 0.174 e. The Kier molecular flexibility index (Phi) is 5.92. The fourth-order valence-electron chi connectivity index (χ4n) is 2.84. The van der Waals surface area contributed by atoms with Crippen LogP contribution in [0.25, 0.3) is 0 Å². The summed E-state index contributed by atoms with van der Waals surface area (Å²) in [6.45, 7) is 0. The number of ketones is 1. The second-order valence-corrected chi connectivity index (χ2v) is 6.55. The van der Waals surface area contributed by atoms with Gasteiger partial charge in [-0.15, -0.1) is 0 Å². The van der Waals surface area contributed by atoms with Crippen LogP contribution in [-0.2, 0) is 0 Å². The Morgan fingerprint density at radius 1 is 1.11 bits per heavy atom. The van der Waals surface area contributed by atoms with Gasteiger partial charge in [0.25, 0.3) is 0 Å². The average molecular weight is 401 g/mol. The molecule has 0 fully saturated rings. The van der Waals surface area contributed by atoms with Crippen molar-refractivity contribution >= 4 is 23.1 Å². The van der Waals surface area contributed by atoms with Crippen LogP contribution in [0.2, 0.25) is 5.02 Å². The summed E-state index contributed by atoms with van der Waals surface area (Å²) in [5.74, 6) is -3.81. The van der Waals surface area contributed by atoms with E-state index in [4.69, 9.17) is 17.0 Å². The highest BCUT2D eigenvalue weighted by atomic mass is 35.5. The molecule has 0 spiro atoms. The van der Waals surface area contributed by atoms with E-state index in [2.05, 4.69) is 4.98 Å². The average Bonchev–Trinajstić information content (AvgIpc) is 2.69. The van der Waals surface area contributed by atoms with Crippen LogP contribution in [0, 0.1) is 23.0 Å². The van der Waals surface area contributed by atoms with Gasteiger partial charge in [-0.1, -0.05) is 17.7 Å². The number of aliphatic hydroxyl groups excluding tert-OH is 1. The predicted octanol–water partition coefficient (Wildman–Crippen LogP) is 4.61. The fourth-order valence-corrected chi connectivity index (χ4v) is 2.97. The number of aromatic nitrogens is 1. The van der Waals surface area contributed by atoms with E-state index in [9.17, 15) is 18.7 Å². The van der Waals surface area contributed by atoms with Gasteiger partial charge in [-0.3, -0.25) is 9.78 Å². The van der Waals surface area contributed by atoms with E-state index in [0.717, 1.165) is 12.1 Å². The topological polar surface area (TPSA) is 74.0 Å². The second-order valence-electron chi connectivity index (χ2n) is 6.12. The van der Waals surface area contributed by atoms with Gasteiger partial charge < -0.3 is 10.5 Å². The molecule has 2 N–H and O–H groups in total. The van der Waals surface area contributed by atoms with Crippen LogP contribution in [0.5, 0.6) is 0 Å². The van der Waals surface area contributed by atoms with Gasteiger partial charge in [0.1, 0.15) is 11.6 Å². The molecular formula is C21H15ClF2N2O2. The lowest BCUT2D eigenvalue weighted by Gasteiger charge is -2.23. The number of carbonyl (C=O) groups is 1. The number of aliphatic hydroxyl groups is 1. The van der Waals surface area contributed by atoms with E-state index < -0.39 is 35.2 Å². The van der Waals surface area contributed by atoms with E-state index in [0.29, 0.717) is 16.7 Å². The number of halogens is 3. The molecule has 28 heavy (non-hydrogen) atoms. The lowest BCUT2D eigenvalue weighted by atomic mass is 9.82. The number of nitrogens with one attached hydrogen (secondary N) is 1. The molecule has 0 aliphatic carbocycles. The molecule has 3 aromatic rings. The molecule has 0 bridgehead atoms. The summed E-state index contributed by atoms with van der Waals surface area (Å²) >= 11 is 5.85. The van der Waals surface area contributed by atoms with Crippen molar-refractivity contribution < 1.29 is 18.7 Å². The Bertz CT molecular complexity index is 1010. The molecule has 0 aliphatic heterocycles. The largest absolute Gasteiger partial charge is 0.387 e. The maximum atomic E-state index is 14.2. The number of nitrogens with zero attached hydrogens (tertiary/aromatic N) is 1. The summed E-state index contributed by atoms with van der Waals surface area (Å²) in [5, 5.41) is 19.6. The van der Waals surface area contributed by atoms with Crippen LogP contribution in [0.3, 0.4) is 0 Å². The molecule has 0 saturated carbocycles. The standard InChI is InChI=1S/C21H15ClF2N2O2/c22-14-5-3-12(4-6-14)20(27)18(21(28)13-2-1-9-26-11-13)19(25)16-8-7-15(23)10-17(16)24/h1-11,18,21,25,28H. The van der Waals surface area contributed by atoms with Crippen molar-refractivity contribution in [3.05, 3.63) is 100 Å². The van der Waals surface area contributed by atoms with Crippen LogP contribution in [0.15, 0.2) is 67.0 Å². The zero-order chi connectivity index (χ0) is 20.3. The summed E-state index contributed by atoms with van der Waals surface area (Å²) < 4.78 is 27.5. The van der Waals surface area contributed by atoms with E-state index in [1.54, 1.807) is 12.1 Å². The highest BCUT2D eigenvalue weighted by Gasteiger charge is 2.34. The van der Waals surface area contributed by atoms with Crippen LogP contribution >= 0.6 is 11.6 Å². The van der Waals surface area contributed by atoms with Crippen molar-refractivity contribution in [2.45, 2.75) is 6.10 Å². The molecule has 0 amide bonds. The Balaban J connectivity index is 2.06.